The van der Waals surface area contributed by atoms with E-state index in [9.17, 15) is 32.3 Å². The molecule has 2 atom stereocenters. The Morgan fingerprint density at radius 2 is 1.87 bits per heavy atom. The Morgan fingerprint density at radius 1 is 1.16 bits per heavy atom. The fourth-order valence-corrected chi connectivity index (χ4v) is 3.40. The van der Waals surface area contributed by atoms with E-state index in [4.69, 9.17) is 16.9 Å². The number of primary amides is 1. The van der Waals surface area contributed by atoms with Crippen LogP contribution >= 0.6 is 0 Å². The van der Waals surface area contributed by atoms with Gasteiger partial charge in [0.15, 0.2) is 0 Å². The predicted molar refractivity (Wildman–Crippen MR) is 132 cm³/mol. The first kappa shape index (κ1) is 29.7. The van der Waals surface area contributed by atoms with Gasteiger partial charge in [0.05, 0.1) is 12.2 Å². The second kappa shape index (κ2) is 13.7. The van der Waals surface area contributed by atoms with E-state index in [0.717, 1.165) is 12.1 Å². The van der Waals surface area contributed by atoms with Crippen molar-refractivity contribution in [3.8, 4) is 23.6 Å². The lowest BCUT2D eigenvalue weighted by Crippen LogP contribution is -2.49. The van der Waals surface area contributed by atoms with Crippen molar-refractivity contribution in [2.45, 2.75) is 44.4 Å². The molecule has 5 N–H and O–H groups in total. The van der Waals surface area contributed by atoms with Crippen LogP contribution < -0.4 is 16.4 Å². The minimum Gasteiger partial charge on any atom is -0.463 e. The molecule has 0 saturated heterocycles. The Hall–Kier alpha value is -4.53. The van der Waals surface area contributed by atoms with E-state index in [1.807, 2.05) is 0 Å². The number of hydrogen-bond acceptors (Lipinski definition) is 5. The van der Waals surface area contributed by atoms with Crippen molar-refractivity contribution in [2.75, 3.05) is 6.61 Å². The number of alkyl halides is 3. The van der Waals surface area contributed by atoms with Gasteiger partial charge in [-0.3, -0.25) is 14.4 Å². The molecule has 3 amide bonds. The maximum Gasteiger partial charge on any atom is 0.417 e. The van der Waals surface area contributed by atoms with Gasteiger partial charge in [0.2, 0.25) is 11.8 Å². The smallest absolute Gasteiger partial charge is 0.417 e. The molecule has 0 fully saturated rings. The molecule has 0 bridgehead atoms. The van der Waals surface area contributed by atoms with Crippen molar-refractivity contribution in [3.63, 3.8) is 0 Å². The first-order chi connectivity index (χ1) is 18.0. The number of nitrogens with one attached hydrogen (secondary N) is 3. The standard InChI is InChI=1S/C26H27F3N4O5/c1-3-7-20(24(36)31-16(10-14-22(30)34)11-15-23(35)38-4-2)33-25(37)21-13-12-19(32-21)17-8-5-6-9-18(17)26(27,28)29/h1,5-6,8-9,11-13,15-16,20,32H,4,7,10,14H2,2H3,(H2,30,34)(H,31,36)(H,33,37)/t16-,20-/m0/s1. The molecular formula is C26H27F3N4O5. The van der Waals surface area contributed by atoms with Gasteiger partial charge in [-0.25, -0.2) is 4.79 Å². The van der Waals surface area contributed by atoms with E-state index in [1.165, 1.54) is 36.4 Å². The van der Waals surface area contributed by atoms with E-state index >= 15 is 0 Å². The fourth-order valence-electron chi connectivity index (χ4n) is 3.40. The van der Waals surface area contributed by atoms with Gasteiger partial charge in [0.1, 0.15) is 11.7 Å². The fraction of sp³-hybridized carbons (Fsp3) is 0.308. The molecule has 0 aliphatic carbocycles. The topological polar surface area (TPSA) is 143 Å². The van der Waals surface area contributed by atoms with E-state index in [0.29, 0.717) is 0 Å². The zero-order valence-electron chi connectivity index (χ0n) is 20.4. The average Bonchev–Trinajstić information content (AvgIpc) is 3.35. The van der Waals surface area contributed by atoms with Crippen molar-refractivity contribution in [1.82, 2.24) is 15.6 Å². The Balaban J connectivity index is 2.18. The average molecular weight is 533 g/mol. The molecule has 1 heterocycles. The molecule has 0 aliphatic heterocycles. The molecule has 0 spiro atoms. The van der Waals surface area contributed by atoms with Gasteiger partial charge in [-0.15, -0.1) is 12.3 Å². The van der Waals surface area contributed by atoms with Gasteiger partial charge < -0.3 is 26.1 Å². The lowest BCUT2D eigenvalue weighted by molar-refractivity contribution is -0.138. The van der Waals surface area contributed by atoms with Crippen LogP contribution in [-0.4, -0.2) is 47.4 Å². The molecule has 202 valence electrons. The van der Waals surface area contributed by atoms with Crippen LogP contribution in [0.2, 0.25) is 0 Å². The number of nitrogens with two attached hydrogens (primary N) is 1. The largest absolute Gasteiger partial charge is 0.463 e. The summed E-state index contributed by atoms with van der Waals surface area (Å²) in [4.78, 5) is 51.1. The molecule has 12 heteroatoms. The van der Waals surface area contributed by atoms with E-state index in [2.05, 4.69) is 21.5 Å². The summed E-state index contributed by atoms with van der Waals surface area (Å²) < 4.78 is 44.9. The van der Waals surface area contributed by atoms with Crippen molar-refractivity contribution >= 4 is 23.7 Å². The van der Waals surface area contributed by atoms with Crippen LogP contribution in [0.15, 0.2) is 48.6 Å². The van der Waals surface area contributed by atoms with Crippen LogP contribution in [0.3, 0.4) is 0 Å². The van der Waals surface area contributed by atoms with Crippen LogP contribution in [0, 0.1) is 12.3 Å². The third-order valence-corrected chi connectivity index (χ3v) is 5.18. The maximum absolute atomic E-state index is 13.4. The number of amides is 3. The second-order valence-electron chi connectivity index (χ2n) is 7.99. The number of halogens is 3. The van der Waals surface area contributed by atoms with Crippen molar-refractivity contribution in [2.24, 2.45) is 5.73 Å². The summed E-state index contributed by atoms with van der Waals surface area (Å²) in [6.07, 6.45) is 2.90. The molecule has 0 unspecified atom stereocenters. The number of benzene rings is 1. The minimum absolute atomic E-state index is 0.0524. The summed E-state index contributed by atoms with van der Waals surface area (Å²) in [6, 6.07) is 5.43. The SMILES string of the molecule is C#CC[C@H](NC(=O)c1ccc(-c2ccccc2C(F)(F)F)[nH]1)C(=O)N[C@H](C=CC(=O)OCC)CCC(N)=O. The van der Waals surface area contributed by atoms with Crippen LogP contribution in [0.4, 0.5) is 13.2 Å². The molecule has 2 aromatic rings. The van der Waals surface area contributed by atoms with Crippen molar-refractivity contribution < 1.29 is 37.1 Å². The second-order valence-corrected chi connectivity index (χ2v) is 7.99. The molecule has 38 heavy (non-hydrogen) atoms. The van der Waals surface area contributed by atoms with Gasteiger partial charge >= 0.3 is 12.1 Å². The molecule has 1 aromatic heterocycles. The Morgan fingerprint density at radius 3 is 2.50 bits per heavy atom. The zero-order chi connectivity index (χ0) is 28.3. The van der Waals surface area contributed by atoms with Gasteiger partial charge in [-0.05, 0) is 31.5 Å². The number of esters is 1. The molecule has 0 radical (unpaired) electrons. The van der Waals surface area contributed by atoms with Gasteiger partial charge in [0.25, 0.3) is 5.91 Å². The third-order valence-electron chi connectivity index (χ3n) is 5.18. The number of aromatic amines is 1. The molecular weight excluding hydrogens is 505 g/mol. The Bertz CT molecular complexity index is 1230. The van der Waals surface area contributed by atoms with Gasteiger partial charge in [-0.2, -0.15) is 13.2 Å². The van der Waals surface area contributed by atoms with Gasteiger partial charge in [-0.1, -0.05) is 24.3 Å². The van der Waals surface area contributed by atoms with E-state index < -0.39 is 47.5 Å². The van der Waals surface area contributed by atoms with E-state index in [-0.39, 0.29) is 42.8 Å². The van der Waals surface area contributed by atoms with Gasteiger partial charge in [0, 0.05) is 36.2 Å². The maximum atomic E-state index is 13.4. The summed E-state index contributed by atoms with van der Waals surface area (Å²) in [6.45, 7) is 1.76. The van der Waals surface area contributed by atoms with E-state index in [1.54, 1.807) is 6.92 Å². The predicted octanol–water partition coefficient (Wildman–Crippen LogP) is 2.69. The monoisotopic (exact) mass is 532 g/mol. The summed E-state index contributed by atoms with van der Waals surface area (Å²) in [5.74, 6) is -0.512. The van der Waals surface area contributed by atoms with Crippen LogP contribution in [0.1, 0.15) is 42.2 Å². The number of H-pyrrole nitrogens is 1. The summed E-state index contributed by atoms with van der Waals surface area (Å²) >= 11 is 0. The number of aromatic nitrogens is 1. The lowest BCUT2D eigenvalue weighted by Gasteiger charge is -2.20. The molecule has 1 aromatic carbocycles. The lowest BCUT2D eigenvalue weighted by atomic mass is 10.0. The molecule has 0 saturated carbocycles. The quantitative estimate of drug-likeness (QED) is 0.189. The summed E-state index contributed by atoms with van der Waals surface area (Å²) in [7, 11) is 0. The van der Waals surface area contributed by atoms with Crippen LogP contribution in [0.5, 0.6) is 0 Å². The third kappa shape index (κ3) is 8.85. The number of carbonyl (C=O) groups is 4. The van der Waals surface area contributed by atoms with Crippen LogP contribution in [0.25, 0.3) is 11.3 Å². The number of carbonyl (C=O) groups excluding carboxylic acids is 4. The molecule has 0 aliphatic rings. The van der Waals surface area contributed by atoms with Crippen molar-refractivity contribution in [1.29, 1.82) is 0 Å². The number of hydrogen-bond donors (Lipinski definition) is 4. The Labute approximate surface area is 217 Å². The number of rotatable bonds is 12. The minimum atomic E-state index is -4.60. The molecule has 2 rings (SSSR count). The van der Waals surface area contributed by atoms with Crippen molar-refractivity contribution in [3.05, 3.63) is 59.8 Å². The highest BCUT2D eigenvalue weighted by atomic mass is 19.4. The van der Waals surface area contributed by atoms with Crippen LogP contribution in [-0.2, 0) is 25.3 Å². The first-order valence-corrected chi connectivity index (χ1v) is 11.5. The normalized spacial score (nSPS) is 12.8. The summed E-state index contributed by atoms with van der Waals surface area (Å²) in [5, 5.41) is 5.02. The zero-order valence-corrected chi connectivity index (χ0v) is 20.4. The number of terminal acetylenes is 1. The highest BCUT2D eigenvalue weighted by Crippen LogP contribution is 2.36. The highest BCUT2D eigenvalue weighted by molar-refractivity contribution is 5.97. The highest BCUT2D eigenvalue weighted by Gasteiger charge is 2.33. The summed E-state index contributed by atoms with van der Waals surface area (Å²) in [5.41, 5.74) is 4.10. The first-order valence-electron chi connectivity index (χ1n) is 11.5. The number of ether oxygens (including phenoxy) is 1. The molecule has 9 nitrogen and oxygen atoms in total. The Kier molecular flexibility index (Phi) is 10.7.